The molecule has 0 heterocycles. The first-order valence-electron chi connectivity index (χ1n) is 6.54. The van der Waals surface area contributed by atoms with Gasteiger partial charge in [0.25, 0.3) is 0 Å². The first kappa shape index (κ1) is 15.8. The molecule has 2 nitrogen and oxygen atoms in total. The highest BCUT2D eigenvalue weighted by Gasteiger charge is 2.13. The van der Waals surface area contributed by atoms with Crippen molar-refractivity contribution in [2.45, 2.75) is 19.4 Å². The van der Waals surface area contributed by atoms with Crippen molar-refractivity contribution >= 4 is 21.6 Å². The van der Waals surface area contributed by atoms with Gasteiger partial charge in [-0.1, -0.05) is 18.2 Å². The van der Waals surface area contributed by atoms with Gasteiger partial charge >= 0.3 is 0 Å². The van der Waals surface area contributed by atoms with E-state index in [2.05, 4.69) is 21.2 Å². The summed E-state index contributed by atoms with van der Waals surface area (Å²) in [6.07, 6.45) is 0.660. The molecule has 0 aromatic heterocycles. The molecule has 0 fully saturated rings. The maximum Gasteiger partial charge on any atom is 0.150 e. The zero-order valence-corrected chi connectivity index (χ0v) is 13.4. The number of hydrogen-bond donors (Lipinski definition) is 1. The fourth-order valence-corrected chi connectivity index (χ4v) is 2.70. The Morgan fingerprint density at radius 2 is 1.95 bits per heavy atom. The summed E-state index contributed by atoms with van der Waals surface area (Å²) in [6, 6.07) is 9.74. The van der Waals surface area contributed by atoms with Gasteiger partial charge in [0.15, 0.2) is 0 Å². The quantitative estimate of drug-likeness (QED) is 0.833. The normalized spacial score (nSPS) is 12.0. The fraction of sp³-hybridized carbons (Fsp3) is 0.250. The molecule has 0 aliphatic heterocycles. The topological polar surface area (TPSA) is 21.3 Å². The van der Waals surface area contributed by atoms with Crippen LogP contribution in [-0.4, -0.2) is 13.2 Å². The Balaban J connectivity index is 2.14. The standard InChI is InChI=1S/C16H16BrF2NO/c1-10(7-11-5-3-4-6-15(11)21-2)20-16-13(17)8-12(18)9-14(16)19/h3-6,8-10,20H,7H2,1-2H3. The van der Waals surface area contributed by atoms with E-state index < -0.39 is 11.6 Å². The van der Waals surface area contributed by atoms with E-state index in [-0.39, 0.29) is 11.7 Å². The molecule has 0 saturated carbocycles. The van der Waals surface area contributed by atoms with Crippen LogP contribution in [0.3, 0.4) is 0 Å². The highest BCUT2D eigenvalue weighted by molar-refractivity contribution is 9.10. The van der Waals surface area contributed by atoms with Gasteiger partial charge in [-0.05, 0) is 47.0 Å². The number of hydrogen-bond acceptors (Lipinski definition) is 2. The van der Waals surface area contributed by atoms with Crippen LogP contribution in [0.15, 0.2) is 40.9 Å². The summed E-state index contributed by atoms with van der Waals surface area (Å²) < 4.78 is 32.5. The van der Waals surface area contributed by atoms with Gasteiger partial charge in [-0.25, -0.2) is 8.78 Å². The number of halogens is 3. The third-order valence-electron chi connectivity index (χ3n) is 3.12. The second kappa shape index (κ2) is 6.89. The first-order valence-corrected chi connectivity index (χ1v) is 7.33. The van der Waals surface area contributed by atoms with Gasteiger partial charge in [0.2, 0.25) is 0 Å². The molecule has 0 aliphatic carbocycles. The van der Waals surface area contributed by atoms with Crippen LogP contribution >= 0.6 is 15.9 Å². The van der Waals surface area contributed by atoms with Gasteiger partial charge < -0.3 is 10.1 Å². The van der Waals surface area contributed by atoms with Crippen molar-refractivity contribution in [3.05, 3.63) is 58.1 Å². The van der Waals surface area contributed by atoms with Crippen molar-refractivity contribution in [3.63, 3.8) is 0 Å². The van der Waals surface area contributed by atoms with Gasteiger partial charge in [-0.3, -0.25) is 0 Å². The van der Waals surface area contributed by atoms with E-state index in [1.807, 2.05) is 31.2 Å². The molecule has 21 heavy (non-hydrogen) atoms. The van der Waals surface area contributed by atoms with Crippen LogP contribution in [0.4, 0.5) is 14.5 Å². The molecule has 0 radical (unpaired) electrons. The van der Waals surface area contributed by atoms with E-state index >= 15 is 0 Å². The Labute approximate surface area is 131 Å². The Morgan fingerprint density at radius 3 is 2.62 bits per heavy atom. The van der Waals surface area contributed by atoms with Gasteiger partial charge in [0.05, 0.1) is 12.8 Å². The summed E-state index contributed by atoms with van der Waals surface area (Å²) in [6.45, 7) is 1.93. The number of ether oxygens (including phenoxy) is 1. The second-order valence-electron chi connectivity index (χ2n) is 4.81. The van der Waals surface area contributed by atoms with Crippen LogP contribution in [0.5, 0.6) is 5.75 Å². The molecule has 2 aromatic rings. The Hall–Kier alpha value is -1.62. The molecule has 2 rings (SSSR count). The van der Waals surface area contributed by atoms with Crippen molar-refractivity contribution in [1.29, 1.82) is 0 Å². The minimum atomic E-state index is -0.617. The summed E-state index contributed by atoms with van der Waals surface area (Å²) in [5.74, 6) is -0.430. The predicted molar refractivity (Wildman–Crippen MR) is 83.8 cm³/mol. The molecule has 1 atom stereocenters. The summed E-state index contributed by atoms with van der Waals surface area (Å²) in [5, 5.41) is 3.06. The van der Waals surface area contributed by atoms with Crippen molar-refractivity contribution in [1.82, 2.24) is 0 Å². The Morgan fingerprint density at radius 1 is 1.24 bits per heavy atom. The largest absolute Gasteiger partial charge is 0.496 e. The molecular weight excluding hydrogens is 340 g/mol. The van der Waals surface area contributed by atoms with E-state index in [0.717, 1.165) is 17.4 Å². The second-order valence-corrected chi connectivity index (χ2v) is 5.66. The van der Waals surface area contributed by atoms with E-state index in [1.54, 1.807) is 7.11 Å². The molecule has 0 spiro atoms. The summed E-state index contributed by atoms with van der Waals surface area (Å²) in [4.78, 5) is 0. The van der Waals surface area contributed by atoms with Crippen molar-refractivity contribution < 1.29 is 13.5 Å². The van der Waals surface area contributed by atoms with Crippen LogP contribution in [0.1, 0.15) is 12.5 Å². The van der Waals surface area contributed by atoms with Crippen LogP contribution < -0.4 is 10.1 Å². The number of benzene rings is 2. The third-order valence-corrected chi connectivity index (χ3v) is 3.74. The monoisotopic (exact) mass is 355 g/mol. The maximum atomic E-state index is 13.8. The van der Waals surface area contributed by atoms with Crippen LogP contribution in [-0.2, 0) is 6.42 Å². The lowest BCUT2D eigenvalue weighted by Crippen LogP contribution is -2.19. The summed E-state index contributed by atoms with van der Waals surface area (Å²) in [5.41, 5.74) is 1.29. The predicted octanol–water partition coefficient (Wildman–Crippen LogP) is 4.78. The zero-order valence-electron chi connectivity index (χ0n) is 11.8. The molecule has 2 aromatic carbocycles. The van der Waals surface area contributed by atoms with Gasteiger partial charge in [-0.15, -0.1) is 0 Å². The molecule has 1 unspecified atom stereocenters. The van der Waals surface area contributed by atoms with Crippen molar-refractivity contribution in [2.24, 2.45) is 0 Å². The molecular formula is C16H16BrF2NO. The van der Waals surface area contributed by atoms with E-state index in [1.165, 1.54) is 6.07 Å². The van der Waals surface area contributed by atoms with Crippen LogP contribution in [0.25, 0.3) is 0 Å². The minimum Gasteiger partial charge on any atom is -0.496 e. The molecule has 0 saturated heterocycles. The average Bonchev–Trinajstić information content (AvgIpc) is 2.43. The number of anilines is 1. The molecule has 1 N–H and O–H groups in total. The Kier molecular flexibility index (Phi) is 5.17. The van der Waals surface area contributed by atoms with Crippen molar-refractivity contribution in [2.75, 3.05) is 12.4 Å². The van der Waals surface area contributed by atoms with Gasteiger partial charge in [-0.2, -0.15) is 0 Å². The van der Waals surface area contributed by atoms with Gasteiger partial charge in [0, 0.05) is 16.6 Å². The third kappa shape index (κ3) is 3.94. The summed E-state index contributed by atoms with van der Waals surface area (Å²) >= 11 is 3.17. The smallest absolute Gasteiger partial charge is 0.150 e. The first-order chi connectivity index (χ1) is 10.0. The molecule has 0 aliphatic rings. The number of rotatable bonds is 5. The lowest BCUT2D eigenvalue weighted by molar-refractivity contribution is 0.409. The summed E-state index contributed by atoms with van der Waals surface area (Å²) in [7, 11) is 1.62. The SMILES string of the molecule is COc1ccccc1CC(C)Nc1c(F)cc(F)cc1Br. The van der Waals surface area contributed by atoms with Crippen LogP contribution in [0.2, 0.25) is 0 Å². The minimum absolute atomic E-state index is 0.0439. The highest BCUT2D eigenvalue weighted by atomic mass is 79.9. The zero-order chi connectivity index (χ0) is 15.4. The fourth-order valence-electron chi connectivity index (χ4n) is 2.18. The number of methoxy groups -OCH3 is 1. The van der Waals surface area contributed by atoms with E-state index in [4.69, 9.17) is 4.74 Å². The van der Waals surface area contributed by atoms with Gasteiger partial charge in [0.1, 0.15) is 17.4 Å². The number of para-hydroxylation sites is 1. The lowest BCUT2D eigenvalue weighted by atomic mass is 10.1. The molecule has 0 bridgehead atoms. The Bertz CT molecular complexity index is 610. The van der Waals surface area contributed by atoms with Crippen molar-refractivity contribution in [3.8, 4) is 5.75 Å². The number of nitrogens with one attached hydrogen (secondary N) is 1. The molecule has 112 valence electrons. The molecule has 5 heteroatoms. The van der Waals surface area contributed by atoms with E-state index in [0.29, 0.717) is 10.9 Å². The van der Waals surface area contributed by atoms with Crippen LogP contribution in [0, 0.1) is 11.6 Å². The van der Waals surface area contributed by atoms with E-state index in [9.17, 15) is 8.78 Å². The highest BCUT2D eigenvalue weighted by Crippen LogP contribution is 2.28. The molecule has 0 amide bonds. The average molecular weight is 356 g/mol. The lowest BCUT2D eigenvalue weighted by Gasteiger charge is -2.18. The maximum absolute atomic E-state index is 13.8.